The van der Waals surface area contributed by atoms with Crippen LogP contribution in [0.15, 0.2) is 24.3 Å². The lowest BCUT2D eigenvalue weighted by Crippen LogP contribution is -2.49. The van der Waals surface area contributed by atoms with Crippen LogP contribution in [0.5, 0.6) is 0 Å². The second-order valence-corrected chi connectivity index (χ2v) is 7.23. The average molecular weight is 378 g/mol. The molecule has 0 saturated carbocycles. The maximum atomic E-state index is 13.0. The van der Waals surface area contributed by atoms with Gasteiger partial charge in [-0.25, -0.2) is 9.37 Å². The highest BCUT2D eigenvalue weighted by Crippen LogP contribution is 2.25. The predicted octanol–water partition coefficient (Wildman–Crippen LogP) is 2.50. The lowest BCUT2D eigenvalue weighted by Gasteiger charge is -2.34. The Bertz CT molecular complexity index is 806. The molecule has 1 atom stereocenters. The predicted molar refractivity (Wildman–Crippen MR) is 94.0 cm³/mol. The molecule has 1 aromatic heterocycles. The first-order valence-electron chi connectivity index (χ1n) is 8.25. The van der Waals surface area contributed by atoms with Crippen molar-refractivity contribution in [1.82, 2.24) is 9.88 Å². The normalized spacial score (nSPS) is 17.3. The number of carbonyl (C=O) groups excluding carboxylic acids is 1. The zero-order valence-electron chi connectivity index (χ0n) is 14.3. The van der Waals surface area contributed by atoms with E-state index in [1.165, 1.54) is 23.5 Å². The number of aliphatic carboxylic acids is 1. The minimum atomic E-state index is -0.962. The van der Waals surface area contributed by atoms with Crippen molar-refractivity contribution in [2.24, 2.45) is 0 Å². The van der Waals surface area contributed by atoms with Crippen LogP contribution in [0.3, 0.4) is 0 Å². The van der Waals surface area contributed by atoms with E-state index in [9.17, 15) is 14.0 Å². The van der Waals surface area contributed by atoms with Crippen LogP contribution in [0.25, 0.3) is 0 Å². The molecule has 2 aromatic rings. The molecule has 26 heavy (non-hydrogen) atoms. The van der Waals surface area contributed by atoms with Gasteiger partial charge in [-0.15, -0.1) is 11.3 Å². The first-order valence-corrected chi connectivity index (χ1v) is 9.07. The number of carboxylic acid groups (broad SMARTS) is 1. The molecule has 1 fully saturated rings. The summed E-state index contributed by atoms with van der Waals surface area (Å²) in [6.07, 6.45) is 0.368. The number of aromatic nitrogens is 1. The zero-order chi connectivity index (χ0) is 18.7. The van der Waals surface area contributed by atoms with Gasteiger partial charge in [0.15, 0.2) is 0 Å². The summed E-state index contributed by atoms with van der Waals surface area (Å²) < 4.78 is 18.3. The van der Waals surface area contributed by atoms with Gasteiger partial charge < -0.3 is 14.7 Å². The maximum absolute atomic E-state index is 13.0. The Hall–Kier alpha value is -2.32. The van der Waals surface area contributed by atoms with Crippen LogP contribution in [0.2, 0.25) is 0 Å². The van der Waals surface area contributed by atoms with Gasteiger partial charge >= 0.3 is 5.97 Å². The molecular formula is C18H19FN2O4S. The average Bonchev–Trinajstić information content (AvgIpc) is 2.96. The van der Waals surface area contributed by atoms with E-state index in [1.807, 2.05) is 0 Å². The molecule has 0 radical (unpaired) electrons. The third kappa shape index (κ3) is 4.25. The first-order chi connectivity index (χ1) is 12.4. The van der Waals surface area contributed by atoms with E-state index in [2.05, 4.69) is 4.98 Å². The van der Waals surface area contributed by atoms with Gasteiger partial charge in [0.05, 0.1) is 36.4 Å². The molecule has 1 aromatic carbocycles. The molecule has 0 bridgehead atoms. The van der Waals surface area contributed by atoms with E-state index in [1.54, 1.807) is 24.0 Å². The fourth-order valence-electron chi connectivity index (χ4n) is 2.93. The van der Waals surface area contributed by atoms with Gasteiger partial charge in [-0.3, -0.25) is 9.59 Å². The number of amides is 1. The van der Waals surface area contributed by atoms with E-state index in [0.717, 1.165) is 10.6 Å². The number of carboxylic acids is 1. The third-order valence-electron chi connectivity index (χ3n) is 4.20. The molecular weight excluding hydrogens is 359 g/mol. The van der Waals surface area contributed by atoms with Crippen LogP contribution in [-0.2, 0) is 16.0 Å². The van der Waals surface area contributed by atoms with Gasteiger partial charge in [0.25, 0.3) is 5.91 Å². The highest BCUT2D eigenvalue weighted by Gasteiger charge is 2.31. The smallest absolute Gasteiger partial charge is 0.305 e. The monoisotopic (exact) mass is 378 g/mol. The molecule has 138 valence electrons. The minimum Gasteiger partial charge on any atom is -0.481 e. The van der Waals surface area contributed by atoms with Gasteiger partial charge in [0, 0.05) is 13.0 Å². The fraction of sp³-hybridized carbons (Fsp3) is 0.389. The van der Waals surface area contributed by atoms with Crippen molar-refractivity contribution in [3.8, 4) is 0 Å². The summed E-state index contributed by atoms with van der Waals surface area (Å²) in [6.45, 7) is 2.74. The number of hydrogen-bond donors (Lipinski definition) is 1. The molecule has 0 aliphatic carbocycles. The van der Waals surface area contributed by atoms with Crippen molar-refractivity contribution >= 4 is 23.2 Å². The molecule has 6 nitrogen and oxygen atoms in total. The molecule has 8 heteroatoms. The number of morpholine rings is 1. The lowest BCUT2D eigenvalue weighted by atomic mass is 10.1. The first kappa shape index (κ1) is 18.5. The van der Waals surface area contributed by atoms with E-state index in [4.69, 9.17) is 9.84 Å². The quantitative estimate of drug-likeness (QED) is 0.865. The van der Waals surface area contributed by atoms with Gasteiger partial charge in [-0.1, -0.05) is 12.1 Å². The standard InChI is InChI=1S/C18H19FN2O4S/c1-11-17(18(24)21-6-7-25-10-14(21)9-16(22)23)26-15(20-11)8-12-2-4-13(19)5-3-12/h2-5,14H,6-10H2,1H3,(H,22,23). The second kappa shape index (κ2) is 7.92. The van der Waals surface area contributed by atoms with Crippen LogP contribution in [-0.4, -0.2) is 52.7 Å². The van der Waals surface area contributed by atoms with E-state index < -0.39 is 12.0 Å². The molecule has 3 rings (SSSR count). The van der Waals surface area contributed by atoms with Crippen LogP contribution in [0, 0.1) is 12.7 Å². The third-order valence-corrected chi connectivity index (χ3v) is 5.35. The Morgan fingerprint density at radius 3 is 2.81 bits per heavy atom. The molecule has 0 spiro atoms. The van der Waals surface area contributed by atoms with Gasteiger partial charge in [0.2, 0.25) is 0 Å². The van der Waals surface area contributed by atoms with Crippen molar-refractivity contribution in [2.75, 3.05) is 19.8 Å². The van der Waals surface area contributed by atoms with Crippen LogP contribution < -0.4 is 0 Å². The fourth-order valence-corrected chi connectivity index (χ4v) is 3.98. The van der Waals surface area contributed by atoms with E-state index in [0.29, 0.717) is 30.1 Å². The van der Waals surface area contributed by atoms with Gasteiger partial charge in [-0.2, -0.15) is 0 Å². The summed E-state index contributed by atoms with van der Waals surface area (Å²) in [5.41, 5.74) is 1.53. The number of nitrogens with zero attached hydrogens (tertiary/aromatic N) is 2. The second-order valence-electron chi connectivity index (χ2n) is 6.15. The molecule has 2 heterocycles. The number of halogens is 1. The Kier molecular flexibility index (Phi) is 5.63. The summed E-state index contributed by atoms with van der Waals surface area (Å²) in [5.74, 6) is -1.46. The highest BCUT2D eigenvalue weighted by molar-refractivity contribution is 7.13. The van der Waals surface area contributed by atoms with Crippen LogP contribution >= 0.6 is 11.3 Å². The molecule has 1 N–H and O–H groups in total. The van der Waals surface area contributed by atoms with Crippen molar-refractivity contribution in [3.05, 3.63) is 51.2 Å². The molecule has 1 saturated heterocycles. The van der Waals surface area contributed by atoms with E-state index in [-0.39, 0.29) is 24.8 Å². The SMILES string of the molecule is Cc1nc(Cc2ccc(F)cc2)sc1C(=O)N1CCOCC1CC(=O)O. The Balaban J connectivity index is 1.77. The number of rotatable bonds is 5. The van der Waals surface area contributed by atoms with Crippen molar-refractivity contribution in [2.45, 2.75) is 25.8 Å². The largest absolute Gasteiger partial charge is 0.481 e. The van der Waals surface area contributed by atoms with Crippen molar-refractivity contribution in [3.63, 3.8) is 0 Å². The van der Waals surface area contributed by atoms with Crippen LogP contribution in [0.1, 0.15) is 32.4 Å². The van der Waals surface area contributed by atoms with E-state index >= 15 is 0 Å². The number of thiazole rings is 1. The topological polar surface area (TPSA) is 79.7 Å². The van der Waals surface area contributed by atoms with Gasteiger partial charge in [0.1, 0.15) is 10.7 Å². The summed E-state index contributed by atoms with van der Waals surface area (Å²) >= 11 is 1.30. The van der Waals surface area contributed by atoms with Crippen molar-refractivity contribution in [1.29, 1.82) is 0 Å². The summed E-state index contributed by atoms with van der Waals surface area (Å²) in [5, 5.41) is 9.81. The molecule has 1 amide bonds. The molecule has 1 aliphatic heterocycles. The number of ether oxygens (including phenoxy) is 1. The van der Waals surface area contributed by atoms with Gasteiger partial charge in [-0.05, 0) is 24.6 Å². The Morgan fingerprint density at radius 2 is 2.12 bits per heavy atom. The minimum absolute atomic E-state index is 0.147. The summed E-state index contributed by atoms with van der Waals surface area (Å²) in [7, 11) is 0. The zero-order valence-corrected chi connectivity index (χ0v) is 15.1. The summed E-state index contributed by atoms with van der Waals surface area (Å²) in [6, 6.07) is 5.70. The molecule has 1 aliphatic rings. The number of hydrogen-bond acceptors (Lipinski definition) is 5. The molecule has 1 unspecified atom stereocenters. The number of carbonyl (C=O) groups is 2. The Morgan fingerprint density at radius 1 is 1.38 bits per heavy atom. The number of benzene rings is 1. The Labute approximate surface area is 154 Å². The number of aryl methyl sites for hydroxylation is 1. The van der Waals surface area contributed by atoms with Crippen molar-refractivity contribution < 1.29 is 23.8 Å². The lowest BCUT2D eigenvalue weighted by molar-refractivity contribution is -0.139. The highest BCUT2D eigenvalue weighted by atomic mass is 32.1. The van der Waals surface area contributed by atoms with Crippen LogP contribution in [0.4, 0.5) is 4.39 Å². The summed E-state index contributed by atoms with van der Waals surface area (Å²) in [4.78, 5) is 30.5. The maximum Gasteiger partial charge on any atom is 0.305 e.